The smallest absolute Gasteiger partial charge is 0.342 e. The van der Waals surface area contributed by atoms with Crippen LogP contribution < -0.4 is 0 Å². The van der Waals surface area contributed by atoms with E-state index in [1.165, 1.54) is 6.07 Å². The molecule has 2 aromatic carbocycles. The molecule has 2 atom stereocenters. The van der Waals surface area contributed by atoms with Crippen molar-refractivity contribution in [3.05, 3.63) is 63.2 Å². The number of benzene rings is 2. The molecule has 1 saturated heterocycles. The number of nitrogens with zero attached hydrogens (tertiary/aromatic N) is 2. The molecular weight excluding hydrogens is 397 g/mol. The highest BCUT2D eigenvalue weighted by Gasteiger charge is 2.47. The topological polar surface area (TPSA) is 63.5 Å². The lowest BCUT2D eigenvalue weighted by Crippen LogP contribution is -2.56. The van der Waals surface area contributed by atoms with E-state index < -0.39 is 22.4 Å². The van der Waals surface area contributed by atoms with Gasteiger partial charge in [0.05, 0.1) is 10.5 Å². The largest absolute Gasteiger partial charge is 0.417 e. The summed E-state index contributed by atoms with van der Waals surface area (Å²) in [6, 6.07) is 8.22. The number of nitro benzene ring substituents is 1. The van der Waals surface area contributed by atoms with Gasteiger partial charge < -0.3 is 4.90 Å². The average Bonchev–Trinajstić information content (AvgIpc) is 2.69. The van der Waals surface area contributed by atoms with Crippen LogP contribution in [0.3, 0.4) is 0 Å². The summed E-state index contributed by atoms with van der Waals surface area (Å²) in [5.74, 6) is 0.123. The Labute approximate surface area is 171 Å². The van der Waals surface area contributed by atoms with Crippen molar-refractivity contribution in [2.75, 3.05) is 7.05 Å². The summed E-state index contributed by atoms with van der Waals surface area (Å²) in [6.45, 7) is 2.12. The summed E-state index contributed by atoms with van der Waals surface area (Å²) in [4.78, 5) is 24.0. The second-order valence-electron chi connectivity index (χ2n) is 8.33. The molecule has 1 aliphatic carbocycles. The van der Waals surface area contributed by atoms with Crippen LogP contribution in [0.2, 0.25) is 0 Å². The van der Waals surface area contributed by atoms with E-state index in [0.29, 0.717) is 30.9 Å². The van der Waals surface area contributed by atoms with E-state index in [0.717, 1.165) is 23.6 Å². The highest BCUT2D eigenvalue weighted by molar-refractivity contribution is 5.78. The fraction of sp³-hybridized carbons (Fsp3) is 0.409. The Morgan fingerprint density at radius 3 is 2.57 bits per heavy atom. The molecule has 5 nitrogen and oxygen atoms in total. The van der Waals surface area contributed by atoms with Gasteiger partial charge in [0.25, 0.3) is 5.69 Å². The summed E-state index contributed by atoms with van der Waals surface area (Å²) < 4.78 is 40.9. The number of non-ortho nitro benzene ring substituents is 1. The van der Waals surface area contributed by atoms with Gasteiger partial charge in [-0.3, -0.25) is 14.9 Å². The Hall–Kier alpha value is -2.90. The van der Waals surface area contributed by atoms with Crippen LogP contribution in [0.1, 0.15) is 42.9 Å². The van der Waals surface area contributed by atoms with Crippen LogP contribution in [0, 0.1) is 10.1 Å². The first-order valence-electron chi connectivity index (χ1n) is 9.77. The average molecular weight is 418 g/mol. The first kappa shape index (κ1) is 20.4. The van der Waals surface area contributed by atoms with E-state index in [4.69, 9.17) is 0 Å². The Balaban J connectivity index is 1.80. The Kier molecular flexibility index (Phi) is 4.63. The van der Waals surface area contributed by atoms with E-state index in [1.807, 2.05) is 13.1 Å². The van der Waals surface area contributed by atoms with E-state index in [2.05, 4.69) is 6.92 Å². The molecule has 0 bridgehead atoms. The molecular formula is C22H21F3N2O3. The molecule has 8 heteroatoms. The SMILES string of the molecule is CN1C(=O)CC[C@]2(C)c3ccc(-c4ccc([N+](=O)[O-])cc4C(F)(F)F)cc3CC[C@@H]12. The number of carbonyl (C=O) groups excluding carboxylic acids is 1. The predicted molar refractivity (Wildman–Crippen MR) is 105 cm³/mol. The number of carbonyl (C=O) groups is 1. The number of piperidine rings is 1. The van der Waals surface area contributed by atoms with Gasteiger partial charge in [-0.2, -0.15) is 13.2 Å². The normalized spacial score (nSPS) is 23.7. The lowest BCUT2D eigenvalue weighted by molar-refractivity contribution is -0.385. The maximum Gasteiger partial charge on any atom is 0.417 e. The van der Waals surface area contributed by atoms with Crippen molar-refractivity contribution in [3.63, 3.8) is 0 Å². The fourth-order valence-corrected chi connectivity index (χ4v) is 5.09. The first-order valence-corrected chi connectivity index (χ1v) is 9.77. The highest BCUT2D eigenvalue weighted by Crippen LogP contribution is 2.47. The van der Waals surface area contributed by atoms with E-state index >= 15 is 0 Å². The molecule has 0 radical (unpaired) electrons. The van der Waals surface area contributed by atoms with Crippen molar-refractivity contribution < 1.29 is 22.9 Å². The van der Waals surface area contributed by atoms with Gasteiger partial charge in [-0.1, -0.05) is 25.1 Å². The quantitative estimate of drug-likeness (QED) is 0.503. The van der Waals surface area contributed by atoms with Crippen LogP contribution in [-0.4, -0.2) is 28.8 Å². The van der Waals surface area contributed by atoms with Gasteiger partial charge in [-0.05, 0) is 47.6 Å². The van der Waals surface area contributed by atoms with E-state index in [9.17, 15) is 28.1 Å². The van der Waals surface area contributed by atoms with Crippen molar-refractivity contribution in [2.24, 2.45) is 0 Å². The summed E-state index contributed by atoms with van der Waals surface area (Å²) in [6.07, 6.45) is -2.14. The zero-order valence-corrected chi connectivity index (χ0v) is 16.6. The highest BCUT2D eigenvalue weighted by atomic mass is 19.4. The number of hydrogen-bond acceptors (Lipinski definition) is 3. The van der Waals surface area contributed by atoms with Crippen LogP contribution in [0.15, 0.2) is 36.4 Å². The number of fused-ring (bicyclic) bond motifs is 3. The van der Waals surface area contributed by atoms with Gasteiger partial charge in [-0.25, -0.2) is 0 Å². The molecule has 30 heavy (non-hydrogen) atoms. The van der Waals surface area contributed by atoms with Gasteiger partial charge in [0.1, 0.15) is 0 Å². The number of halogens is 3. The number of aryl methyl sites for hydroxylation is 1. The van der Waals surface area contributed by atoms with Crippen LogP contribution in [0.4, 0.5) is 18.9 Å². The maximum atomic E-state index is 13.6. The molecule has 1 fully saturated rings. The molecule has 0 spiro atoms. The zero-order valence-electron chi connectivity index (χ0n) is 16.6. The summed E-state index contributed by atoms with van der Waals surface area (Å²) in [7, 11) is 1.82. The molecule has 1 aliphatic heterocycles. The fourth-order valence-electron chi connectivity index (χ4n) is 5.09. The molecule has 1 amide bonds. The maximum absolute atomic E-state index is 13.6. The summed E-state index contributed by atoms with van der Waals surface area (Å²) in [5.41, 5.74) is 0.515. The molecule has 0 saturated carbocycles. The predicted octanol–water partition coefficient (Wildman–Crippen LogP) is 5.11. The summed E-state index contributed by atoms with van der Waals surface area (Å²) in [5, 5.41) is 10.9. The molecule has 2 aromatic rings. The molecule has 0 aromatic heterocycles. The van der Waals surface area contributed by atoms with Crippen molar-refractivity contribution in [1.82, 2.24) is 4.90 Å². The van der Waals surface area contributed by atoms with E-state index in [1.54, 1.807) is 17.0 Å². The molecule has 0 N–H and O–H groups in total. The number of alkyl halides is 3. The summed E-state index contributed by atoms with van der Waals surface area (Å²) >= 11 is 0. The Morgan fingerprint density at radius 1 is 1.17 bits per heavy atom. The van der Waals surface area contributed by atoms with Crippen molar-refractivity contribution in [1.29, 1.82) is 0 Å². The standard InChI is InChI=1S/C22H21F3N2O3/c1-21-10-9-20(28)26(2)19(21)8-4-14-11-13(3-7-17(14)21)16-6-5-15(27(29)30)12-18(16)22(23,24)25/h3,5-7,11-12,19H,4,8-10H2,1-2H3/t19-,21-/m1/s1. The van der Waals surface area contributed by atoms with Crippen LogP contribution in [-0.2, 0) is 22.8 Å². The second-order valence-corrected chi connectivity index (χ2v) is 8.33. The monoisotopic (exact) mass is 418 g/mol. The number of hydrogen-bond donors (Lipinski definition) is 0. The van der Waals surface area contributed by atoms with Gasteiger partial charge in [-0.15, -0.1) is 0 Å². The van der Waals surface area contributed by atoms with Crippen molar-refractivity contribution >= 4 is 11.6 Å². The minimum absolute atomic E-state index is 0.0703. The van der Waals surface area contributed by atoms with E-state index in [-0.39, 0.29) is 22.9 Å². The van der Waals surface area contributed by atoms with Gasteiger partial charge in [0, 0.05) is 37.1 Å². The zero-order chi connectivity index (χ0) is 21.8. The molecule has 2 aliphatic rings. The number of rotatable bonds is 2. The van der Waals surface area contributed by atoms with Crippen molar-refractivity contribution in [2.45, 2.75) is 50.2 Å². The number of nitro groups is 1. The van der Waals surface area contributed by atoms with Gasteiger partial charge in [0.15, 0.2) is 0 Å². The lowest BCUT2D eigenvalue weighted by atomic mass is 9.63. The van der Waals surface area contributed by atoms with Crippen LogP contribution in [0.25, 0.3) is 11.1 Å². The number of likely N-dealkylation sites (N-methyl/N-ethyl adjacent to an activating group) is 1. The molecule has 4 rings (SSSR count). The van der Waals surface area contributed by atoms with Gasteiger partial charge >= 0.3 is 6.18 Å². The van der Waals surface area contributed by atoms with Crippen LogP contribution in [0.5, 0.6) is 0 Å². The third-order valence-electron chi connectivity index (χ3n) is 6.69. The van der Waals surface area contributed by atoms with Crippen LogP contribution >= 0.6 is 0 Å². The minimum atomic E-state index is -4.71. The lowest BCUT2D eigenvalue weighted by Gasteiger charge is -2.50. The molecule has 158 valence electrons. The Morgan fingerprint density at radius 2 is 1.90 bits per heavy atom. The first-order chi connectivity index (χ1) is 14.0. The third-order valence-corrected chi connectivity index (χ3v) is 6.69. The second kappa shape index (κ2) is 6.82. The molecule has 1 heterocycles. The minimum Gasteiger partial charge on any atom is -0.342 e. The number of likely N-dealkylation sites (tertiary alicyclic amines) is 1. The third kappa shape index (κ3) is 3.14. The Bertz CT molecular complexity index is 1050. The number of amides is 1. The van der Waals surface area contributed by atoms with Gasteiger partial charge in [0.2, 0.25) is 5.91 Å². The molecule has 0 unspecified atom stereocenters. The van der Waals surface area contributed by atoms with Crippen molar-refractivity contribution in [3.8, 4) is 11.1 Å².